The van der Waals surface area contributed by atoms with Crippen LogP contribution in [0.15, 0.2) is 12.1 Å². The van der Waals surface area contributed by atoms with Gasteiger partial charge in [0, 0.05) is 16.9 Å². The van der Waals surface area contributed by atoms with Gasteiger partial charge in [0.1, 0.15) is 6.17 Å². The van der Waals surface area contributed by atoms with Gasteiger partial charge in [-0.1, -0.05) is 0 Å². The molecule has 0 radical (unpaired) electrons. The summed E-state index contributed by atoms with van der Waals surface area (Å²) in [5.41, 5.74) is -0.119. The van der Waals surface area contributed by atoms with Crippen molar-refractivity contribution < 1.29 is 9.53 Å². The van der Waals surface area contributed by atoms with E-state index in [1.807, 2.05) is 11.8 Å². The third kappa shape index (κ3) is 2.28. The van der Waals surface area contributed by atoms with Crippen LogP contribution in [0.3, 0.4) is 0 Å². The normalized spacial score (nSPS) is 28.8. The SMILES string of the molecule is COC1(CN2C(=O)C(C)NC2c2ccc(C)s2)CCC1. The predicted octanol–water partition coefficient (Wildman–Crippen LogP) is 2.44. The molecule has 1 aliphatic carbocycles. The number of nitrogens with zero attached hydrogens (tertiary/aromatic N) is 1. The number of carbonyl (C=O) groups is 1. The van der Waals surface area contributed by atoms with Gasteiger partial charge >= 0.3 is 0 Å². The van der Waals surface area contributed by atoms with E-state index in [0.717, 1.165) is 12.8 Å². The first-order valence-electron chi connectivity index (χ1n) is 7.23. The first-order valence-corrected chi connectivity index (χ1v) is 8.04. The second kappa shape index (κ2) is 5.13. The molecule has 0 bridgehead atoms. The Kier molecular flexibility index (Phi) is 3.60. The molecule has 3 rings (SSSR count). The molecule has 2 heterocycles. The van der Waals surface area contributed by atoms with Gasteiger partial charge in [-0.2, -0.15) is 0 Å². The van der Waals surface area contributed by atoms with E-state index in [9.17, 15) is 4.79 Å². The fourth-order valence-corrected chi connectivity index (χ4v) is 4.04. The molecule has 2 fully saturated rings. The van der Waals surface area contributed by atoms with Crippen LogP contribution in [0.2, 0.25) is 0 Å². The molecule has 20 heavy (non-hydrogen) atoms. The van der Waals surface area contributed by atoms with Gasteiger partial charge < -0.3 is 9.64 Å². The molecule has 1 aromatic rings. The van der Waals surface area contributed by atoms with Crippen molar-refractivity contribution in [2.24, 2.45) is 0 Å². The van der Waals surface area contributed by atoms with Gasteiger partial charge in [0.25, 0.3) is 0 Å². The van der Waals surface area contributed by atoms with E-state index in [2.05, 4.69) is 24.4 Å². The summed E-state index contributed by atoms with van der Waals surface area (Å²) in [4.78, 5) is 16.9. The van der Waals surface area contributed by atoms with Crippen molar-refractivity contribution in [2.45, 2.75) is 50.9 Å². The minimum atomic E-state index is -0.119. The van der Waals surface area contributed by atoms with Crippen LogP contribution in [-0.4, -0.2) is 36.1 Å². The number of carbonyl (C=O) groups excluding carboxylic acids is 1. The van der Waals surface area contributed by atoms with Gasteiger partial charge in [0.2, 0.25) is 5.91 Å². The van der Waals surface area contributed by atoms with Gasteiger partial charge in [-0.15, -0.1) is 11.3 Å². The Morgan fingerprint density at radius 2 is 2.25 bits per heavy atom. The van der Waals surface area contributed by atoms with Crippen LogP contribution in [0, 0.1) is 6.92 Å². The number of ether oxygens (including phenoxy) is 1. The van der Waals surface area contributed by atoms with Crippen molar-refractivity contribution in [3.8, 4) is 0 Å². The van der Waals surface area contributed by atoms with E-state index < -0.39 is 0 Å². The molecule has 0 aromatic carbocycles. The Bertz CT molecular complexity index is 504. The Balaban J connectivity index is 1.83. The fraction of sp³-hybridized carbons (Fsp3) is 0.667. The predicted molar refractivity (Wildman–Crippen MR) is 79.7 cm³/mol. The van der Waals surface area contributed by atoms with Crippen LogP contribution in [0.4, 0.5) is 0 Å². The first kappa shape index (κ1) is 14.0. The average molecular weight is 294 g/mol. The molecular weight excluding hydrogens is 272 g/mol. The molecule has 2 aliphatic rings. The molecule has 1 saturated carbocycles. The molecule has 1 aromatic heterocycles. The van der Waals surface area contributed by atoms with E-state index in [1.54, 1.807) is 18.4 Å². The lowest BCUT2D eigenvalue weighted by Gasteiger charge is -2.44. The summed E-state index contributed by atoms with van der Waals surface area (Å²) in [6.07, 6.45) is 3.31. The Morgan fingerprint density at radius 1 is 1.50 bits per heavy atom. The molecule has 1 N–H and O–H groups in total. The van der Waals surface area contributed by atoms with E-state index in [-0.39, 0.29) is 23.7 Å². The minimum absolute atomic E-state index is 0.00354. The Hall–Kier alpha value is -0.910. The maximum Gasteiger partial charge on any atom is 0.241 e. The van der Waals surface area contributed by atoms with E-state index in [4.69, 9.17) is 4.74 Å². The van der Waals surface area contributed by atoms with Crippen molar-refractivity contribution in [3.63, 3.8) is 0 Å². The van der Waals surface area contributed by atoms with Crippen LogP contribution < -0.4 is 5.32 Å². The Labute approximate surface area is 124 Å². The topological polar surface area (TPSA) is 41.6 Å². The van der Waals surface area contributed by atoms with Gasteiger partial charge in [-0.3, -0.25) is 10.1 Å². The standard InChI is InChI=1S/C15H22N2O2S/c1-10-5-6-12(20-10)13-16-11(2)14(18)17(13)9-15(19-3)7-4-8-15/h5-6,11,13,16H,4,7-9H2,1-3H3. The summed E-state index contributed by atoms with van der Waals surface area (Å²) in [7, 11) is 1.76. The highest BCUT2D eigenvalue weighted by Gasteiger charge is 2.45. The summed E-state index contributed by atoms with van der Waals surface area (Å²) < 4.78 is 5.69. The lowest BCUT2D eigenvalue weighted by molar-refractivity contribution is -0.140. The smallest absolute Gasteiger partial charge is 0.241 e. The zero-order chi connectivity index (χ0) is 14.3. The molecule has 4 nitrogen and oxygen atoms in total. The summed E-state index contributed by atoms with van der Waals surface area (Å²) in [5, 5.41) is 3.41. The number of aryl methyl sites for hydroxylation is 1. The lowest BCUT2D eigenvalue weighted by Crippen LogP contribution is -2.51. The second-order valence-electron chi connectivity index (χ2n) is 5.95. The highest BCUT2D eigenvalue weighted by molar-refractivity contribution is 7.12. The van der Waals surface area contributed by atoms with Crippen LogP contribution >= 0.6 is 11.3 Å². The molecule has 2 atom stereocenters. The average Bonchev–Trinajstić information content (AvgIpc) is 2.92. The highest BCUT2D eigenvalue weighted by Crippen LogP contribution is 2.39. The van der Waals surface area contributed by atoms with Gasteiger partial charge in [0.15, 0.2) is 0 Å². The van der Waals surface area contributed by atoms with Crippen molar-refractivity contribution >= 4 is 17.2 Å². The van der Waals surface area contributed by atoms with Gasteiger partial charge in [-0.05, 0) is 45.2 Å². The van der Waals surface area contributed by atoms with Crippen LogP contribution in [0.1, 0.15) is 42.1 Å². The lowest BCUT2D eigenvalue weighted by atomic mass is 9.79. The molecule has 0 spiro atoms. The van der Waals surface area contributed by atoms with Crippen molar-refractivity contribution in [1.29, 1.82) is 0 Å². The van der Waals surface area contributed by atoms with E-state index in [0.29, 0.717) is 6.54 Å². The third-order valence-electron chi connectivity index (χ3n) is 4.56. The Morgan fingerprint density at radius 3 is 2.75 bits per heavy atom. The second-order valence-corrected chi connectivity index (χ2v) is 7.27. The maximum absolute atomic E-state index is 12.4. The van der Waals surface area contributed by atoms with Crippen molar-refractivity contribution in [3.05, 3.63) is 21.9 Å². The summed E-state index contributed by atoms with van der Waals surface area (Å²) in [6, 6.07) is 4.12. The molecule has 1 saturated heterocycles. The highest BCUT2D eigenvalue weighted by atomic mass is 32.1. The van der Waals surface area contributed by atoms with E-state index >= 15 is 0 Å². The summed E-state index contributed by atoms with van der Waals surface area (Å²) in [6.45, 7) is 4.73. The summed E-state index contributed by atoms with van der Waals surface area (Å²) >= 11 is 1.75. The van der Waals surface area contributed by atoms with Gasteiger partial charge in [0.05, 0.1) is 18.2 Å². The number of hydrogen-bond donors (Lipinski definition) is 1. The fourth-order valence-electron chi connectivity index (χ4n) is 3.09. The van der Waals surface area contributed by atoms with E-state index in [1.165, 1.54) is 16.2 Å². The van der Waals surface area contributed by atoms with Crippen LogP contribution in [-0.2, 0) is 9.53 Å². The monoisotopic (exact) mass is 294 g/mol. The molecular formula is C15H22N2O2S. The number of rotatable bonds is 4. The number of thiophene rings is 1. The molecule has 5 heteroatoms. The molecule has 1 amide bonds. The molecule has 2 unspecified atom stereocenters. The van der Waals surface area contributed by atoms with Crippen LogP contribution in [0.25, 0.3) is 0 Å². The number of hydrogen-bond acceptors (Lipinski definition) is 4. The quantitative estimate of drug-likeness (QED) is 0.927. The molecule has 1 aliphatic heterocycles. The third-order valence-corrected chi connectivity index (χ3v) is 5.61. The minimum Gasteiger partial charge on any atom is -0.376 e. The number of amides is 1. The largest absolute Gasteiger partial charge is 0.376 e. The molecule has 110 valence electrons. The summed E-state index contributed by atoms with van der Waals surface area (Å²) in [5.74, 6) is 0.185. The first-order chi connectivity index (χ1) is 9.54. The zero-order valence-electron chi connectivity index (χ0n) is 12.3. The van der Waals surface area contributed by atoms with Crippen molar-refractivity contribution in [2.75, 3.05) is 13.7 Å². The number of methoxy groups -OCH3 is 1. The van der Waals surface area contributed by atoms with Crippen molar-refractivity contribution in [1.82, 2.24) is 10.2 Å². The maximum atomic E-state index is 12.4. The number of nitrogens with one attached hydrogen (secondary N) is 1. The van der Waals surface area contributed by atoms with Gasteiger partial charge in [-0.25, -0.2) is 0 Å². The van der Waals surface area contributed by atoms with Crippen LogP contribution in [0.5, 0.6) is 0 Å². The zero-order valence-corrected chi connectivity index (χ0v) is 13.1.